The molecule has 1 heterocycles. The molecule has 7 nitrogen and oxygen atoms in total. The van der Waals surface area contributed by atoms with Gasteiger partial charge in [0.25, 0.3) is 0 Å². The predicted molar refractivity (Wildman–Crippen MR) is 119 cm³/mol. The number of methoxy groups -OCH3 is 1. The average molecular weight is 465 g/mol. The molecule has 0 radical (unpaired) electrons. The number of hydrogen-bond acceptors (Lipinski definition) is 6. The molecule has 0 saturated carbocycles. The lowest BCUT2D eigenvalue weighted by atomic mass is 10.2. The normalized spacial score (nSPS) is 11.1. The molecule has 0 aliphatic rings. The van der Waals surface area contributed by atoms with Crippen molar-refractivity contribution >= 4 is 47.6 Å². The number of esters is 1. The second-order valence-corrected chi connectivity index (χ2v) is 7.41. The Hall–Kier alpha value is -2.68. The first kappa shape index (κ1) is 22.0. The minimum absolute atomic E-state index is 0.201. The van der Waals surface area contributed by atoms with Crippen molar-refractivity contribution in [3.8, 4) is 11.5 Å². The summed E-state index contributed by atoms with van der Waals surface area (Å²) in [4.78, 5) is 12.5. The minimum atomic E-state index is -0.620. The Kier molecular flexibility index (Phi) is 7.25. The third-order valence-corrected chi connectivity index (χ3v) is 4.87. The highest BCUT2D eigenvalue weighted by molar-refractivity contribution is 7.71. The number of H-pyrrole nitrogens is 1. The van der Waals surface area contributed by atoms with Crippen LogP contribution in [0.5, 0.6) is 11.5 Å². The molecule has 0 saturated heterocycles. The smallest absolute Gasteiger partial charge is 0.345 e. The van der Waals surface area contributed by atoms with Crippen LogP contribution < -0.4 is 9.47 Å². The maximum atomic E-state index is 12.5. The standard InChI is InChI=1S/C20H18Cl2N4O3S/c1-3-4-18-24-25-20(30)26(18)23-11-12-5-8-16(17(9-12)28-2)29-19(27)14-7-6-13(21)10-15(14)22/h5-11H,3-4H2,1-2H3,(H,25,30)/b23-11+. The number of nitrogens with zero attached hydrogens (tertiary/aromatic N) is 3. The van der Waals surface area contributed by atoms with Crippen molar-refractivity contribution in [3.05, 3.63) is 68.2 Å². The zero-order chi connectivity index (χ0) is 21.7. The van der Waals surface area contributed by atoms with Crippen LogP contribution in [0.15, 0.2) is 41.5 Å². The van der Waals surface area contributed by atoms with Crippen molar-refractivity contribution in [2.75, 3.05) is 7.11 Å². The number of ether oxygens (including phenoxy) is 2. The molecule has 0 bridgehead atoms. The Morgan fingerprint density at radius 2 is 2.07 bits per heavy atom. The van der Waals surface area contributed by atoms with Gasteiger partial charge < -0.3 is 9.47 Å². The van der Waals surface area contributed by atoms with Gasteiger partial charge in [-0.05, 0) is 60.6 Å². The molecule has 3 rings (SSSR count). The van der Waals surface area contributed by atoms with Crippen LogP contribution in [0.25, 0.3) is 0 Å². The molecular formula is C20H18Cl2N4O3S. The van der Waals surface area contributed by atoms with Crippen LogP contribution in [0.3, 0.4) is 0 Å². The predicted octanol–water partition coefficient (Wildman–Crippen LogP) is 5.31. The summed E-state index contributed by atoms with van der Waals surface area (Å²) < 4.78 is 12.8. The molecule has 3 aromatic rings. The number of carbonyl (C=O) groups is 1. The van der Waals surface area contributed by atoms with Crippen LogP contribution in [0, 0.1) is 4.77 Å². The highest BCUT2D eigenvalue weighted by atomic mass is 35.5. The van der Waals surface area contributed by atoms with Crippen molar-refractivity contribution in [2.45, 2.75) is 19.8 Å². The van der Waals surface area contributed by atoms with Gasteiger partial charge in [0, 0.05) is 11.4 Å². The minimum Gasteiger partial charge on any atom is -0.493 e. The lowest BCUT2D eigenvalue weighted by molar-refractivity contribution is 0.0730. The van der Waals surface area contributed by atoms with E-state index in [1.807, 2.05) is 6.92 Å². The highest BCUT2D eigenvalue weighted by Gasteiger charge is 2.16. The molecule has 0 fully saturated rings. The molecule has 0 amide bonds. The zero-order valence-electron chi connectivity index (χ0n) is 16.2. The molecule has 0 aliphatic heterocycles. The van der Waals surface area contributed by atoms with E-state index in [1.165, 1.54) is 19.2 Å². The number of halogens is 2. The van der Waals surface area contributed by atoms with Gasteiger partial charge in [-0.3, -0.25) is 5.10 Å². The number of carbonyl (C=O) groups excluding carboxylic acids is 1. The van der Waals surface area contributed by atoms with Crippen LogP contribution >= 0.6 is 35.4 Å². The largest absolute Gasteiger partial charge is 0.493 e. The number of aryl methyl sites for hydroxylation is 1. The van der Waals surface area contributed by atoms with Crippen LogP contribution in [0.1, 0.15) is 35.1 Å². The van der Waals surface area contributed by atoms with E-state index in [0.717, 1.165) is 24.2 Å². The summed E-state index contributed by atoms with van der Waals surface area (Å²) in [6, 6.07) is 9.59. The first-order valence-electron chi connectivity index (χ1n) is 8.98. The quantitative estimate of drug-likeness (QED) is 0.221. The second kappa shape index (κ2) is 9.88. The number of rotatable bonds is 7. The summed E-state index contributed by atoms with van der Waals surface area (Å²) in [6.07, 6.45) is 3.28. The first-order valence-corrected chi connectivity index (χ1v) is 10.1. The van der Waals surface area contributed by atoms with E-state index < -0.39 is 5.97 Å². The van der Waals surface area contributed by atoms with Gasteiger partial charge in [-0.25, -0.2) is 4.79 Å². The molecule has 2 aromatic carbocycles. The fraction of sp³-hybridized carbons (Fsp3) is 0.200. The molecule has 1 aromatic heterocycles. The van der Waals surface area contributed by atoms with E-state index in [1.54, 1.807) is 35.2 Å². The van der Waals surface area contributed by atoms with Gasteiger partial charge in [0.2, 0.25) is 4.77 Å². The average Bonchev–Trinajstić information content (AvgIpc) is 3.06. The van der Waals surface area contributed by atoms with Gasteiger partial charge in [0.05, 0.1) is 23.9 Å². The Bertz CT molecular complexity index is 1160. The third-order valence-electron chi connectivity index (χ3n) is 4.05. The summed E-state index contributed by atoms with van der Waals surface area (Å²) in [5, 5.41) is 11.9. The summed E-state index contributed by atoms with van der Waals surface area (Å²) >= 11 is 17.2. The monoisotopic (exact) mass is 464 g/mol. The summed E-state index contributed by atoms with van der Waals surface area (Å²) in [5.74, 6) is 0.737. The van der Waals surface area contributed by atoms with Crippen molar-refractivity contribution in [1.82, 2.24) is 14.9 Å². The zero-order valence-corrected chi connectivity index (χ0v) is 18.5. The molecular weight excluding hydrogens is 447 g/mol. The summed E-state index contributed by atoms with van der Waals surface area (Å²) in [5.41, 5.74) is 0.924. The van der Waals surface area contributed by atoms with Crippen molar-refractivity contribution in [2.24, 2.45) is 5.10 Å². The Balaban J connectivity index is 1.82. The van der Waals surface area contributed by atoms with Crippen molar-refractivity contribution in [3.63, 3.8) is 0 Å². The van der Waals surface area contributed by atoms with Crippen LogP contribution in [-0.4, -0.2) is 34.2 Å². The van der Waals surface area contributed by atoms with E-state index in [9.17, 15) is 4.79 Å². The molecule has 156 valence electrons. The van der Waals surface area contributed by atoms with Crippen molar-refractivity contribution in [1.29, 1.82) is 0 Å². The first-order chi connectivity index (χ1) is 14.4. The lowest BCUT2D eigenvalue weighted by Crippen LogP contribution is -2.10. The molecule has 30 heavy (non-hydrogen) atoms. The van der Waals surface area contributed by atoms with Gasteiger partial charge in [-0.15, -0.1) is 0 Å². The van der Waals surface area contributed by atoms with E-state index in [-0.39, 0.29) is 16.3 Å². The number of benzene rings is 2. The molecule has 1 N–H and O–H groups in total. The molecule has 0 unspecified atom stereocenters. The fourth-order valence-corrected chi connectivity index (χ4v) is 3.30. The van der Waals surface area contributed by atoms with E-state index >= 15 is 0 Å². The lowest BCUT2D eigenvalue weighted by Gasteiger charge is -2.10. The molecule has 0 aliphatic carbocycles. The van der Waals surface area contributed by atoms with Gasteiger partial charge in [-0.2, -0.15) is 14.9 Å². The van der Waals surface area contributed by atoms with Gasteiger partial charge >= 0.3 is 5.97 Å². The third kappa shape index (κ3) is 5.08. The Labute approximate surface area is 188 Å². The summed E-state index contributed by atoms with van der Waals surface area (Å²) in [7, 11) is 1.48. The van der Waals surface area contributed by atoms with Crippen LogP contribution in [-0.2, 0) is 6.42 Å². The molecule has 10 heteroatoms. The number of aromatic nitrogens is 3. The van der Waals surface area contributed by atoms with E-state index in [4.69, 9.17) is 44.9 Å². The van der Waals surface area contributed by atoms with Gasteiger partial charge in [0.1, 0.15) is 0 Å². The fourth-order valence-electron chi connectivity index (χ4n) is 2.61. The van der Waals surface area contributed by atoms with Crippen LogP contribution in [0.2, 0.25) is 10.0 Å². The van der Waals surface area contributed by atoms with E-state index in [0.29, 0.717) is 15.5 Å². The van der Waals surface area contributed by atoms with Crippen LogP contribution in [0.4, 0.5) is 0 Å². The Morgan fingerprint density at radius 1 is 1.27 bits per heavy atom. The number of nitrogens with one attached hydrogen (secondary N) is 1. The maximum absolute atomic E-state index is 12.5. The summed E-state index contributed by atoms with van der Waals surface area (Å²) in [6.45, 7) is 2.05. The molecule has 0 atom stereocenters. The van der Waals surface area contributed by atoms with Gasteiger partial charge in [0.15, 0.2) is 17.3 Å². The van der Waals surface area contributed by atoms with Crippen molar-refractivity contribution < 1.29 is 14.3 Å². The maximum Gasteiger partial charge on any atom is 0.345 e. The number of hydrogen-bond donors (Lipinski definition) is 1. The SMILES string of the molecule is CCCc1n[nH]c(=S)n1/N=C/c1ccc(OC(=O)c2ccc(Cl)cc2Cl)c(OC)c1. The topological polar surface area (TPSA) is 81.5 Å². The Morgan fingerprint density at radius 3 is 2.77 bits per heavy atom. The van der Waals surface area contributed by atoms with Gasteiger partial charge in [-0.1, -0.05) is 30.1 Å². The highest BCUT2D eigenvalue weighted by Crippen LogP contribution is 2.30. The number of aromatic amines is 1. The van der Waals surface area contributed by atoms with E-state index in [2.05, 4.69) is 15.3 Å². The molecule has 0 spiro atoms. The second-order valence-electron chi connectivity index (χ2n) is 6.18.